The van der Waals surface area contributed by atoms with E-state index in [-0.39, 0.29) is 12.5 Å². The van der Waals surface area contributed by atoms with Crippen molar-refractivity contribution in [1.82, 2.24) is 0 Å². The number of halogens is 1. The molecule has 0 heterocycles. The third kappa shape index (κ3) is 7.51. The molecule has 0 fully saturated rings. The van der Waals surface area contributed by atoms with Gasteiger partial charge in [0.25, 0.3) is 0 Å². The Morgan fingerprint density at radius 3 is 2.52 bits per heavy atom. The molecule has 0 saturated carbocycles. The molecular formula is C22H29ClN2O2. The minimum atomic E-state index is -0.118. The summed E-state index contributed by atoms with van der Waals surface area (Å²) in [4.78, 5) is 12.1. The Labute approximate surface area is 167 Å². The molecule has 27 heavy (non-hydrogen) atoms. The number of amides is 1. The standard InChI is InChI=1S/C22H29ClN2O2/c1-3-4-5-6-7-15-27-19-13-11-18(12-14-19)24-16-22(26)25-21-10-8-9-20(23)17(21)2/h8-14,24H,3-7,15-16H2,1-2H3,(H,25,26). The Morgan fingerprint density at radius 2 is 1.78 bits per heavy atom. The fraction of sp³-hybridized carbons (Fsp3) is 0.409. The maximum Gasteiger partial charge on any atom is 0.243 e. The van der Waals surface area contributed by atoms with Crippen molar-refractivity contribution in [2.75, 3.05) is 23.8 Å². The van der Waals surface area contributed by atoms with Crippen LogP contribution in [-0.2, 0) is 4.79 Å². The van der Waals surface area contributed by atoms with Crippen LogP contribution in [0.2, 0.25) is 5.02 Å². The zero-order chi connectivity index (χ0) is 19.5. The lowest BCUT2D eigenvalue weighted by molar-refractivity contribution is -0.114. The van der Waals surface area contributed by atoms with E-state index in [9.17, 15) is 4.79 Å². The summed E-state index contributed by atoms with van der Waals surface area (Å²) in [7, 11) is 0. The van der Waals surface area contributed by atoms with Gasteiger partial charge in [0.2, 0.25) is 5.91 Å². The van der Waals surface area contributed by atoms with Crippen LogP contribution in [0.1, 0.15) is 44.6 Å². The van der Waals surface area contributed by atoms with Crippen LogP contribution in [-0.4, -0.2) is 19.1 Å². The topological polar surface area (TPSA) is 50.4 Å². The fourth-order valence-corrected chi connectivity index (χ4v) is 2.86. The molecule has 2 rings (SSSR count). The van der Waals surface area contributed by atoms with Crippen LogP contribution in [0.25, 0.3) is 0 Å². The first kappa shape index (κ1) is 21.1. The smallest absolute Gasteiger partial charge is 0.243 e. The molecule has 1 amide bonds. The molecule has 0 bridgehead atoms. The van der Waals surface area contributed by atoms with Crippen LogP contribution in [0, 0.1) is 6.92 Å². The van der Waals surface area contributed by atoms with Crippen molar-refractivity contribution in [3.05, 3.63) is 53.1 Å². The lowest BCUT2D eigenvalue weighted by Crippen LogP contribution is -2.22. The fourth-order valence-electron chi connectivity index (χ4n) is 2.68. The van der Waals surface area contributed by atoms with Gasteiger partial charge >= 0.3 is 0 Å². The first-order valence-corrected chi connectivity index (χ1v) is 9.99. The van der Waals surface area contributed by atoms with E-state index in [0.717, 1.165) is 35.7 Å². The average Bonchev–Trinajstić information content (AvgIpc) is 2.67. The number of hydrogen-bond acceptors (Lipinski definition) is 3. The van der Waals surface area contributed by atoms with Crippen molar-refractivity contribution < 1.29 is 9.53 Å². The number of ether oxygens (including phenoxy) is 1. The molecule has 2 N–H and O–H groups in total. The summed E-state index contributed by atoms with van der Waals surface area (Å²) in [5.74, 6) is 0.739. The van der Waals surface area contributed by atoms with Gasteiger partial charge in [-0.1, -0.05) is 50.3 Å². The van der Waals surface area contributed by atoms with Crippen LogP contribution < -0.4 is 15.4 Å². The Hall–Kier alpha value is -2.20. The predicted molar refractivity (Wildman–Crippen MR) is 114 cm³/mol. The molecule has 0 saturated heterocycles. The normalized spacial score (nSPS) is 10.5. The van der Waals surface area contributed by atoms with Gasteiger partial charge < -0.3 is 15.4 Å². The zero-order valence-electron chi connectivity index (χ0n) is 16.2. The molecule has 0 spiro atoms. The third-order valence-electron chi connectivity index (χ3n) is 4.37. The molecule has 0 aliphatic heterocycles. The number of nitrogens with one attached hydrogen (secondary N) is 2. The second kappa shape index (κ2) is 11.5. The minimum absolute atomic E-state index is 0.118. The van der Waals surface area contributed by atoms with E-state index in [1.807, 2.05) is 43.3 Å². The molecule has 5 heteroatoms. The third-order valence-corrected chi connectivity index (χ3v) is 4.78. The maximum absolute atomic E-state index is 12.1. The summed E-state index contributed by atoms with van der Waals surface area (Å²) in [6, 6.07) is 13.2. The van der Waals surface area contributed by atoms with E-state index < -0.39 is 0 Å². The Morgan fingerprint density at radius 1 is 1.04 bits per heavy atom. The van der Waals surface area contributed by atoms with Gasteiger partial charge in [-0.3, -0.25) is 4.79 Å². The lowest BCUT2D eigenvalue weighted by Gasteiger charge is -2.11. The van der Waals surface area contributed by atoms with E-state index in [1.54, 1.807) is 6.07 Å². The van der Waals surface area contributed by atoms with Crippen LogP contribution >= 0.6 is 11.6 Å². The van der Waals surface area contributed by atoms with Crippen molar-refractivity contribution in [2.24, 2.45) is 0 Å². The highest BCUT2D eigenvalue weighted by atomic mass is 35.5. The second-order valence-electron chi connectivity index (χ2n) is 6.60. The van der Waals surface area contributed by atoms with E-state index >= 15 is 0 Å². The number of benzene rings is 2. The van der Waals surface area contributed by atoms with Gasteiger partial charge in [0, 0.05) is 16.4 Å². The molecule has 2 aromatic carbocycles. The van der Waals surface area contributed by atoms with E-state index in [1.165, 1.54) is 25.7 Å². The van der Waals surface area contributed by atoms with Gasteiger partial charge in [-0.15, -0.1) is 0 Å². The Kier molecular flexibility index (Phi) is 8.99. The minimum Gasteiger partial charge on any atom is -0.494 e. The van der Waals surface area contributed by atoms with Crippen molar-refractivity contribution >= 4 is 28.9 Å². The van der Waals surface area contributed by atoms with Gasteiger partial charge in [-0.05, 0) is 55.3 Å². The predicted octanol–water partition coefficient (Wildman–Crippen LogP) is 6.05. The quantitative estimate of drug-likeness (QED) is 0.461. The largest absolute Gasteiger partial charge is 0.494 e. The van der Waals surface area contributed by atoms with Crippen LogP contribution in [0.5, 0.6) is 5.75 Å². The van der Waals surface area contributed by atoms with Crippen molar-refractivity contribution in [1.29, 1.82) is 0 Å². The van der Waals surface area contributed by atoms with Gasteiger partial charge in [0.05, 0.1) is 13.2 Å². The van der Waals surface area contributed by atoms with Gasteiger partial charge in [-0.2, -0.15) is 0 Å². The van der Waals surface area contributed by atoms with Crippen LogP contribution in [0.3, 0.4) is 0 Å². The van der Waals surface area contributed by atoms with Crippen molar-refractivity contribution in [3.63, 3.8) is 0 Å². The van der Waals surface area contributed by atoms with E-state index in [0.29, 0.717) is 5.02 Å². The maximum atomic E-state index is 12.1. The number of rotatable bonds is 11. The Balaban J connectivity index is 1.71. The first-order valence-electron chi connectivity index (χ1n) is 9.62. The molecule has 146 valence electrons. The molecule has 0 aliphatic carbocycles. The summed E-state index contributed by atoms with van der Waals surface area (Å²) in [5, 5.41) is 6.63. The average molecular weight is 389 g/mol. The van der Waals surface area contributed by atoms with E-state index in [4.69, 9.17) is 16.3 Å². The summed E-state index contributed by atoms with van der Waals surface area (Å²) >= 11 is 6.07. The van der Waals surface area contributed by atoms with E-state index in [2.05, 4.69) is 17.6 Å². The molecule has 0 aliphatic rings. The van der Waals surface area contributed by atoms with Crippen LogP contribution in [0.15, 0.2) is 42.5 Å². The molecule has 0 atom stereocenters. The SMILES string of the molecule is CCCCCCCOc1ccc(NCC(=O)Nc2cccc(Cl)c2C)cc1. The second-order valence-corrected chi connectivity index (χ2v) is 7.01. The summed E-state index contributed by atoms with van der Waals surface area (Å²) in [5.41, 5.74) is 2.48. The van der Waals surface area contributed by atoms with Crippen molar-refractivity contribution in [2.45, 2.75) is 46.0 Å². The number of carbonyl (C=O) groups excluding carboxylic acids is 1. The molecular weight excluding hydrogens is 360 g/mol. The van der Waals surface area contributed by atoms with Crippen LogP contribution in [0.4, 0.5) is 11.4 Å². The van der Waals surface area contributed by atoms with Gasteiger partial charge in [-0.25, -0.2) is 0 Å². The number of hydrogen-bond donors (Lipinski definition) is 2. The number of carbonyl (C=O) groups is 1. The number of anilines is 2. The molecule has 0 aromatic heterocycles. The molecule has 2 aromatic rings. The van der Waals surface area contributed by atoms with Gasteiger partial charge in [0.1, 0.15) is 5.75 Å². The monoisotopic (exact) mass is 388 g/mol. The van der Waals surface area contributed by atoms with Crippen molar-refractivity contribution in [3.8, 4) is 5.75 Å². The highest BCUT2D eigenvalue weighted by Gasteiger charge is 2.06. The number of unbranched alkanes of at least 4 members (excludes halogenated alkanes) is 4. The summed E-state index contributed by atoms with van der Waals surface area (Å²) < 4.78 is 5.75. The zero-order valence-corrected chi connectivity index (χ0v) is 16.9. The highest BCUT2D eigenvalue weighted by molar-refractivity contribution is 6.31. The molecule has 0 unspecified atom stereocenters. The summed E-state index contributed by atoms with van der Waals surface area (Å²) in [6.07, 6.45) is 6.13. The highest BCUT2D eigenvalue weighted by Crippen LogP contribution is 2.23. The van der Waals surface area contributed by atoms with Gasteiger partial charge in [0.15, 0.2) is 0 Å². The molecule has 4 nitrogen and oxygen atoms in total. The Bertz CT molecular complexity index is 717. The lowest BCUT2D eigenvalue weighted by atomic mass is 10.2. The summed E-state index contributed by atoms with van der Waals surface area (Å²) in [6.45, 7) is 5.03. The first-order chi connectivity index (χ1) is 13.1. The molecule has 0 radical (unpaired) electrons.